The molecule has 1 saturated carbocycles. The monoisotopic (exact) mass is 290 g/mol. The molecule has 1 fully saturated rings. The summed E-state index contributed by atoms with van der Waals surface area (Å²) < 4.78 is 0.279. The van der Waals surface area contributed by atoms with Gasteiger partial charge in [0, 0.05) is 23.4 Å². The molecule has 1 unspecified atom stereocenters. The minimum Gasteiger partial charge on any atom is -0.373 e. The first-order valence-electron chi connectivity index (χ1n) is 7.40. The summed E-state index contributed by atoms with van der Waals surface area (Å²) in [6.45, 7) is 0.807. The number of para-hydroxylation sites is 1. The Hall–Kier alpha value is -1.16. The normalized spacial score (nSPS) is 23.1. The minimum absolute atomic E-state index is 0.104. The molecule has 1 aromatic rings. The lowest BCUT2D eigenvalue weighted by Gasteiger charge is -2.27. The summed E-state index contributed by atoms with van der Waals surface area (Å²) in [5, 5.41) is 6.49. The zero-order valence-corrected chi connectivity index (χ0v) is 12.8. The van der Waals surface area contributed by atoms with E-state index < -0.39 is 0 Å². The number of thioether (sulfide) groups is 1. The predicted molar refractivity (Wildman–Crippen MR) is 85.3 cm³/mol. The van der Waals surface area contributed by atoms with Gasteiger partial charge in [-0.3, -0.25) is 4.79 Å². The van der Waals surface area contributed by atoms with E-state index >= 15 is 0 Å². The quantitative estimate of drug-likeness (QED) is 0.896. The Kier molecular flexibility index (Phi) is 3.92. The van der Waals surface area contributed by atoms with Gasteiger partial charge in [0.25, 0.3) is 0 Å². The van der Waals surface area contributed by atoms with Gasteiger partial charge in [-0.05, 0) is 30.7 Å². The van der Waals surface area contributed by atoms with Crippen LogP contribution in [0.1, 0.15) is 31.2 Å². The van der Waals surface area contributed by atoms with Crippen LogP contribution in [0.4, 0.5) is 5.69 Å². The maximum absolute atomic E-state index is 12.3. The fraction of sp³-hybridized carbons (Fsp3) is 0.562. The van der Waals surface area contributed by atoms with Crippen LogP contribution in [0.3, 0.4) is 0 Å². The molecule has 1 heterocycles. The number of carbonyl (C=O) groups excluding carboxylic acids is 1. The molecule has 1 aliphatic carbocycles. The van der Waals surface area contributed by atoms with Gasteiger partial charge in [0.05, 0.1) is 0 Å². The molecule has 1 atom stereocenters. The first-order valence-corrected chi connectivity index (χ1v) is 8.62. The number of nitrogens with one attached hydrogen (secondary N) is 2. The Balaban J connectivity index is 1.56. The van der Waals surface area contributed by atoms with Crippen molar-refractivity contribution in [2.45, 2.75) is 42.9 Å². The number of rotatable bonds is 4. The fourth-order valence-electron chi connectivity index (χ4n) is 3.30. The van der Waals surface area contributed by atoms with E-state index in [1.54, 1.807) is 0 Å². The van der Waals surface area contributed by atoms with Crippen LogP contribution in [-0.4, -0.2) is 29.5 Å². The van der Waals surface area contributed by atoms with Gasteiger partial charge in [-0.15, -0.1) is 0 Å². The van der Waals surface area contributed by atoms with E-state index in [0.717, 1.165) is 18.7 Å². The number of hydrogen-bond acceptors (Lipinski definition) is 3. The summed E-state index contributed by atoms with van der Waals surface area (Å²) in [5.74, 6) is 0.140. The fourth-order valence-corrected chi connectivity index (χ4v) is 4.21. The van der Waals surface area contributed by atoms with Crippen LogP contribution in [-0.2, 0) is 11.2 Å². The summed E-state index contributed by atoms with van der Waals surface area (Å²) in [4.78, 5) is 12.3. The zero-order valence-electron chi connectivity index (χ0n) is 11.9. The lowest BCUT2D eigenvalue weighted by Crippen LogP contribution is -2.44. The molecule has 4 heteroatoms. The first-order chi connectivity index (χ1) is 9.72. The van der Waals surface area contributed by atoms with Crippen LogP contribution < -0.4 is 10.6 Å². The number of fused-ring (bicyclic) bond motifs is 1. The summed E-state index contributed by atoms with van der Waals surface area (Å²) in [6, 6.07) is 8.07. The van der Waals surface area contributed by atoms with E-state index in [1.807, 2.05) is 30.0 Å². The van der Waals surface area contributed by atoms with Gasteiger partial charge in [0.1, 0.15) is 6.04 Å². The van der Waals surface area contributed by atoms with E-state index in [2.05, 4.69) is 23.0 Å². The first kappa shape index (κ1) is 13.8. The predicted octanol–water partition coefficient (Wildman–Crippen LogP) is 2.82. The van der Waals surface area contributed by atoms with Crippen molar-refractivity contribution in [3.05, 3.63) is 29.8 Å². The van der Waals surface area contributed by atoms with Crippen molar-refractivity contribution in [2.24, 2.45) is 0 Å². The second-order valence-electron chi connectivity index (χ2n) is 5.87. The Morgan fingerprint density at radius 1 is 1.40 bits per heavy atom. The molecule has 3 nitrogen and oxygen atoms in total. The molecule has 108 valence electrons. The van der Waals surface area contributed by atoms with Crippen LogP contribution in [0.2, 0.25) is 0 Å². The maximum Gasteiger partial charge on any atom is 0.242 e. The minimum atomic E-state index is -0.104. The molecule has 0 spiro atoms. The number of amides is 1. The highest BCUT2D eigenvalue weighted by Gasteiger charge is 2.34. The van der Waals surface area contributed by atoms with Gasteiger partial charge in [0.2, 0.25) is 5.91 Å². The zero-order chi connectivity index (χ0) is 14.0. The Morgan fingerprint density at radius 3 is 2.85 bits per heavy atom. The molecule has 20 heavy (non-hydrogen) atoms. The Morgan fingerprint density at radius 2 is 2.15 bits per heavy atom. The van der Waals surface area contributed by atoms with E-state index in [1.165, 1.54) is 31.2 Å². The van der Waals surface area contributed by atoms with Crippen LogP contribution in [0.15, 0.2) is 24.3 Å². The molecule has 2 aliphatic rings. The summed E-state index contributed by atoms with van der Waals surface area (Å²) in [7, 11) is 0. The molecule has 1 aromatic carbocycles. The SMILES string of the molecule is CSC1(CNC(=O)C2Cc3ccccc3N2)CCCC1. The van der Waals surface area contributed by atoms with Crippen molar-refractivity contribution in [1.82, 2.24) is 5.32 Å². The third-order valence-corrected chi connectivity index (χ3v) is 6.04. The number of carbonyl (C=O) groups is 1. The molecular weight excluding hydrogens is 268 g/mol. The molecule has 2 N–H and O–H groups in total. The molecule has 1 amide bonds. The van der Waals surface area contributed by atoms with Crippen molar-refractivity contribution >= 4 is 23.4 Å². The molecule has 0 saturated heterocycles. The van der Waals surface area contributed by atoms with E-state index in [0.29, 0.717) is 0 Å². The van der Waals surface area contributed by atoms with Crippen molar-refractivity contribution in [2.75, 3.05) is 18.1 Å². The standard InChI is InChI=1S/C16H22N2OS/c1-20-16(8-4-5-9-16)11-17-15(19)14-10-12-6-2-3-7-13(12)18-14/h2-3,6-7,14,18H,4-5,8-11H2,1H3,(H,17,19). The van der Waals surface area contributed by atoms with E-state index in [-0.39, 0.29) is 16.7 Å². The highest BCUT2D eigenvalue weighted by Crippen LogP contribution is 2.39. The third-order valence-electron chi connectivity index (χ3n) is 4.62. The highest BCUT2D eigenvalue weighted by atomic mass is 32.2. The molecule has 1 aliphatic heterocycles. The van der Waals surface area contributed by atoms with Crippen LogP contribution in [0.5, 0.6) is 0 Å². The number of anilines is 1. The van der Waals surface area contributed by atoms with Gasteiger partial charge >= 0.3 is 0 Å². The van der Waals surface area contributed by atoms with Gasteiger partial charge in [-0.2, -0.15) is 11.8 Å². The van der Waals surface area contributed by atoms with E-state index in [4.69, 9.17) is 0 Å². The van der Waals surface area contributed by atoms with Gasteiger partial charge in [-0.25, -0.2) is 0 Å². The Labute approximate surface area is 124 Å². The second kappa shape index (κ2) is 5.68. The third kappa shape index (κ3) is 2.66. The van der Waals surface area contributed by atoms with Crippen molar-refractivity contribution < 1.29 is 4.79 Å². The smallest absolute Gasteiger partial charge is 0.242 e. The largest absolute Gasteiger partial charge is 0.373 e. The molecule has 0 bridgehead atoms. The number of benzene rings is 1. The van der Waals surface area contributed by atoms with Crippen LogP contribution in [0.25, 0.3) is 0 Å². The average molecular weight is 290 g/mol. The number of hydrogen-bond donors (Lipinski definition) is 2. The van der Waals surface area contributed by atoms with E-state index in [9.17, 15) is 4.79 Å². The Bertz CT molecular complexity index is 472. The molecule has 3 rings (SSSR count). The van der Waals surface area contributed by atoms with Crippen molar-refractivity contribution in [3.63, 3.8) is 0 Å². The van der Waals surface area contributed by atoms with Crippen LogP contribution in [0, 0.1) is 0 Å². The maximum atomic E-state index is 12.3. The summed E-state index contributed by atoms with van der Waals surface area (Å²) in [6.07, 6.45) is 8.02. The molecule has 0 aromatic heterocycles. The highest BCUT2D eigenvalue weighted by molar-refractivity contribution is 8.00. The van der Waals surface area contributed by atoms with Crippen LogP contribution >= 0.6 is 11.8 Å². The topological polar surface area (TPSA) is 41.1 Å². The molecular formula is C16H22N2OS. The average Bonchev–Trinajstić information content (AvgIpc) is 3.12. The van der Waals surface area contributed by atoms with Crippen molar-refractivity contribution in [3.8, 4) is 0 Å². The molecule has 0 radical (unpaired) electrons. The lowest BCUT2D eigenvalue weighted by molar-refractivity contribution is -0.121. The lowest BCUT2D eigenvalue weighted by atomic mass is 10.1. The van der Waals surface area contributed by atoms with Gasteiger partial charge < -0.3 is 10.6 Å². The summed E-state index contributed by atoms with van der Waals surface area (Å²) in [5.41, 5.74) is 2.35. The van der Waals surface area contributed by atoms with Gasteiger partial charge in [-0.1, -0.05) is 31.0 Å². The van der Waals surface area contributed by atoms with Crippen molar-refractivity contribution in [1.29, 1.82) is 0 Å². The summed E-state index contributed by atoms with van der Waals surface area (Å²) >= 11 is 1.92. The van der Waals surface area contributed by atoms with Gasteiger partial charge in [0.15, 0.2) is 0 Å². The second-order valence-corrected chi connectivity index (χ2v) is 7.14.